The summed E-state index contributed by atoms with van der Waals surface area (Å²) in [5.41, 5.74) is 0.592. The third-order valence-electron chi connectivity index (χ3n) is 2.90. The van der Waals surface area contributed by atoms with Gasteiger partial charge in [0.25, 0.3) is 0 Å². The minimum Gasteiger partial charge on any atom is -0.390 e. The topological polar surface area (TPSA) is 80.6 Å². The lowest BCUT2D eigenvalue weighted by Gasteiger charge is -2.10. The van der Waals surface area contributed by atoms with Crippen molar-refractivity contribution in [3.63, 3.8) is 0 Å². The van der Waals surface area contributed by atoms with Crippen molar-refractivity contribution in [3.8, 4) is 0 Å². The van der Waals surface area contributed by atoms with Gasteiger partial charge in [-0.05, 0) is 33.3 Å². The van der Waals surface area contributed by atoms with Crippen molar-refractivity contribution in [2.24, 2.45) is 0 Å². The minimum atomic E-state index is -3.53. The first kappa shape index (κ1) is 17.2. The molecule has 0 radical (unpaired) electrons. The third kappa shape index (κ3) is 4.59. The molecule has 116 valence electrons. The molecule has 1 heterocycles. The molecule has 0 aromatic carbocycles. The number of hydrogen-bond acceptors (Lipinski definition) is 4. The zero-order chi connectivity index (χ0) is 15.2. The van der Waals surface area contributed by atoms with Gasteiger partial charge in [0.1, 0.15) is 0 Å². The van der Waals surface area contributed by atoms with Crippen molar-refractivity contribution < 1.29 is 18.3 Å². The van der Waals surface area contributed by atoms with E-state index in [2.05, 4.69) is 4.72 Å². The van der Waals surface area contributed by atoms with Crippen molar-refractivity contribution in [1.29, 1.82) is 0 Å². The number of nitrogens with one attached hydrogen (secondary N) is 1. The summed E-state index contributed by atoms with van der Waals surface area (Å²) in [7, 11) is -3.53. The highest BCUT2D eigenvalue weighted by molar-refractivity contribution is 7.89. The Labute approximate surface area is 120 Å². The molecule has 1 aromatic heterocycles. The number of aromatic nitrogens is 1. The molecule has 0 unspecified atom stereocenters. The van der Waals surface area contributed by atoms with Crippen LogP contribution in [-0.2, 0) is 21.4 Å². The number of nitrogens with zero attached hydrogens (tertiary/aromatic N) is 1. The Hall–Kier alpha value is -0.890. The molecule has 0 aliphatic heterocycles. The first-order valence-corrected chi connectivity index (χ1v) is 8.29. The summed E-state index contributed by atoms with van der Waals surface area (Å²) in [5.74, 6) is 0. The number of ether oxygens (including phenoxy) is 1. The van der Waals surface area contributed by atoms with Crippen molar-refractivity contribution >= 4 is 10.0 Å². The zero-order valence-electron chi connectivity index (χ0n) is 12.3. The van der Waals surface area contributed by atoms with Gasteiger partial charge in [0.05, 0.1) is 11.5 Å². The van der Waals surface area contributed by atoms with Crippen LogP contribution in [0.5, 0.6) is 0 Å². The van der Waals surface area contributed by atoms with Gasteiger partial charge in [-0.1, -0.05) is 0 Å². The Morgan fingerprint density at radius 2 is 2.15 bits per heavy atom. The molecular formula is C13H24N2O4S. The highest BCUT2D eigenvalue weighted by Gasteiger charge is 2.18. The molecule has 6 nitrogen and oxygen atoms in total. The monoisotopic (exact) mass is 304 g/mol. The Kier molecular flexibility index (Phi) is 6.67. The van der Waals surface area contributed by atoms with Crippen LogP contribution in [0.1, 0.15) is 38.9 Å². The van der Waals surface area contributed by atoms with Crippen LogP contribution in [-0.4, -0.2) is 37.8 Å². The van der Waals surface area contributed by atoms with E-state index in [0.717, 1.165) is 0 Å². The molecule has 2 N–H and O–H groups in total. The smallest absolute Gasteiger partial charge is 0.242 e. The maximum atomic E-state index is 12.1. The Morgan fingerprint density at radius 3 is 2.65 bits per heavy atom. The number of aliphatic hydroxyl groups is 1. The number of hydrogen-bond donors (Lipinski definition) is 2. The standard InChI is InChI=1S/C13H24N2O4S/c1-4-19-7-5-6-14-20(17,18)13-8-12(10-16)15(9-13)11(2)3/h8-9,11,14,16H,4-7,10H2,1-3H3. The summed E-state index contributed by atoms with van der Waals surface area (Å²) < 4.78 is 33.7. The lowest BCUT2D eigenvalue weighted by atomic mass is 10.3. The molecule has 0 atom stereocenters. The molecule has 0 aliphatic rings. The second-order valence-corrected chi connectivity index (χ2v) is 6.54. The molecule has 0 bridgehead atoms. The summed E-state index contributed by atoms with van der Waals surface area (Å²) in [5, 5.41) is 9.27. The van der Waals surface area contributed by atoms with Gasteiger partial charge in [-0.3, -0.25) is 0 Å². The van der Waals surface area contributed by atoms with Crippen LogP contribution >= 0.6 is 0 Å². The van der Waals surface area contributed by atoms with E-state index >= 15 is 0 Å². The molecule has 1 aromatic rings. The average Bonchev–Trinajstić information content (AvgIpc) is 2.83. The number of rotatable bonds is 9. The van der Waals surface area contributed by atoms with Crippen LogP contribution < -0.4 is 4.72 Å². The predicted molar refractivity (Wildman–Crippen MR) is 77.0 cm³/mol. The molecular weight excluding hydrogens is 280 g/mol. The first-order valence-electron chi connectivity index (χ1n) is 6.81. The fourth-order valence-corrected chi connectivity index (χ4v) is 2.98. The fourth-order valence-electron chi connectivity index (χ4n) is 1.86. The molecule has 1 rings (SSSR count). The summed E-state index contributed by atoms with van der Waals surface area (Å²) in [4.78, 5) is 0.187. The Morgan fingerprint density at radius 1 is 1.45 bits per heavy atom. The van der Waals surface area contributed by atoms with Gasteiger partial charge >= 0.3 is 0 Å². The summed E-state index contributed by atoms with van der Waals surface area (Å²) in [6.45, 7) is 7.09. The lowest BCUT2D eigenvalue weighted by Crippen LogP contribution is -2.25. The molecule has 20 heavy (non-hydrogen) atoms. The maximum absolute atomic E-state index is 12.1. The first-order chi connectivity index (χ1) is 9.42. The second-order valence-electron chi connectivity index (χ2n) is 4.77. The second kappa shape index (κ2) is 7.78. The van der Waals surface area contributed by atoms with Gasteiger partial charge in [0.2, 0.25) is 10.0 Å². The Bertz CT molecular complexity index is 508. The van der Waals surface area contributed by atoms with Gasteiger partial charge in [0.15, 0.2) is 0 Å². The van der Waals surface area contributed by atoms with Crippen LogP contribution in [0.15, 0.2) is 17.2 Å². The van der Waals surface area contributed by atoms with Crippen molar-refractivity contribution in [3.05, 3.63) is 18.0 Å². The molecule has 0 saturated heterocycles. The molecule has 0 saturated carbocycles. The van der Waals surface area contributed by atoms with E-state index in [0.29, 0.717) is 31.9 Å². The SMILES string of the molecule is CCOCCCNS(=O)(=O)c1cc(CO)n(C(C)C)c1. The molecule has 0 amide bonds. The highest BCUT2D eigenvalue weighted by Crippen LogP contribution is 2.18. The minimum absolute atomic E-state index is 0.0963. The molecule has 0 fully saturated rings. The molecule has 0 spiro atoms. The van der Waals surface area contributed by atoms with Gasteiger partial charge < -0.3 is 14.4 Å². The molecule has 0 aliphatic carbocycles. The average molecular weight is 304 g/mol. The largest absolute Gasteiger partial charge is 0.390 e. The maximum Gasteiger partial charge on any atom is 0.242 e. The van der Waals surface area contributed by atoms with Gasteiger partial charge in [0, 0.05) is 37.7 Å². The molecule has 7 heteroatoms. The van der Waals surface area contributed by atoms with Crippen molar-refractivity contribution in [2.75, 3.05) is 19.8 Å². The summed E-state index contributed by atoms with van der Waals surface area (Å²) in [6, 6.07) is 1.60. The number of aliphatic hydroxyl groups excluding tert-OH is 1. The van der Waals surface area contributed by atoms with Crippen LogP contribution in [0.3, 0.4) is 0 Å². The lowest BCUT2D eigenvalue weighted by molar-refractivity contribution is 0.146. The van der Waals surface area contributed by atoms with E-state index < -0.39 is 10.0 Å². The Balaban J connectivity index is 2.72. The van der Waals surface area contributed by atoms with E-state index in [9.17, 15) is 13.5 Å². The van der Waals surface area contributed by atoms with E-state index in [-0.39, 0.29) is 17.5 Å². The van der Waals surface area contributed by atoms with Gasteiger partial charge in [-0.25, -0.2) is 13.1 Å². The van der Waals surface area contributed by atoms with Crippen LogP contribution in [0.4, 0.5) is 0 Å². The van der Waals surface area contributed by atoms with Crippen LogP contribution in [0.2, 0.25) is 0 Å². The quantitative estimate of drug-likeness (QED) is 0.673. The van der Waals surface area contributed by atoms with Crippen LogP contribution in [0.25, 0.3) is 0 Å². The van der Waals surface area contributed by atoms with E-state index in [1.807, 2.05) is 20.8 Å². The number of sulfonamides is 1. The van der Waals surface area contributed by atoms with Crippen molar-refractivity contribution in [1.82, 2.24) is 9.29 Å². The normalized spacial score (nSPS) is 12.2. The van der Waals surface area contributed by atoms with Gasteiger partial charge in [-0.2, -0.15) is 0 Å². The zero-order valence-corrected chi connectivity index (χ0v) is 13.1. The summed E-state index contributed by atoms with van der Waals surface area (Å²) in [6.07, 6.45) is 2.19. The fraction of sp³-hybridized carbons (Fsp3) is 0.692. The van der Waals surface area contributed by atoms with Crippen LogP contribution in [0, 0.1) is 0 Å². The van der Waals surface area contributed by atoms with Gasteiger partial charge in [-0.15, -0.1) is 0 Å². The predicted octanol–water partition coefficient (Wildman–Crippen LogP) is 1.27. The third-order valence-corrected chi connectivity index (χ3v) is 4.33. The summed E-state index contributed by atoms with van der Waals surface area (Å²) >= 11 is 0. The van der Waals surface area contributed by atoms with E-state index in [1.54, 1.807) is 10.8 Å². The van der Waals surface area contributed by atoms with Crippen molar-refractivity contribution in [2.45, 2.75) is 44.7 Å². The highest BCUT2D eigenvalue weighted by atomic mass is 32.2. The van der Waals surface area contributed by atoms with E-state index in [4.69, 9.17) is 4.74 Å². The van der Waals surface area contributed by atoms with E-state index in [1.165, 1.54) is 6.07 Å².